The Morgan fingerprint density at radius 2 is 1.94 bits per heavy atom. The number of aromatic nitrogens is 1. The smallest absolute Gasteiger partial charge is 0.354 e. The SMILES string of the molecule is CCn1cc(-c2ccc(O)cc2)cc1C(=O)OC. The molecule has 1 aromatic heterocycles. The molecule has 0 fully saturated rings. The van der Waals surface area contributed by atoms with E-state index in [-0.39, 0.29) is 11.7 Å². The monoisotopic (exact) mass is 245 g/mol. The molecule has 18 heavy (non-hydrogen) atoms. The van der Waals surface area contributed by atoms with Gasteiger partial charge in [0, 0.05) is 18.3 Å². The number of benzene rings is 1. The molecule has 0 amide bonds. The Balaban J connectivity index is 2.43. The minimum absolute atomic E-state index is 0.224. The summed E-state index contributed by atoms with van der Waals surface area (Å²) in [4.78, 5) is 11.6. The Kier molecular flexibility index (Phi) is 3.37. The van der Waals surface area contributed by atoms with Crippen LogP contribution in [-0.2, 0) is 11.3 Å². The van der Waals surface area contributed by atoms with E-state index in [1.807, 2.05) is 29.8 Å². The van der Waals surface area contributed by atoms with E-state index in [9.17, 15) is 9.90 Å². The maximum absolute atomic E-state index is 11.6. The molecule has 0 radical (unpaired) electrons. The number of phenols is 1. The molecule has 2 rings (SSSR count). The van der Waals surface area contributed by atoms with Crippen molar-refractivity contribution in [3.63, 3.8) is 0 Å². The van der Waals surface area contributed by atoms with Gasteiger partial charge in [0.05, 0.1) is 7.11 Å². The highest BCUT2D eigenvalue weighted by atomic mass is 16.5. The molecule has 1 heterocycles. The molecule has 0 saturated heterocycles. The number of aromatic hydroxyl groups is 1. The first-order chi connectivity index (χ1) is 8.65. The highest BCUT2D eigenvalue weighted by molar-refractivity contribution is 5.89. The van der Waals surface area contributed by atoms with Crippen molar-refractivity contribution in [3.05, 3.63) is 42.2 Å². The van der Waals surface area contributed by atoms with Gasteiger partial charge in [-0.2, -0.15) is 0 Å². The van der Waals surface area contributed by atoms with Crippen LogP contribution in [0.5, 0.6) is 5.75 Å². The van der Waals surface area contributed by atoms with Gasteiger partial charge in [-0.1, -0.05) is 12.1 Å². The van der Waals surface area contributed by atoms with E-state index in [1.165, 1.54) is 7.11 Å². The largest absolute Gasteiger partial charge is 0.508 e. The highest BCUT2D eigenvalue weighted by Crippen LogP contribution is 2.24. The lowest BCUT2D eigenvalue weighted by Gasteiger charge is -2.02. The molecule has 0 aliphatic rings. The van der Waals surface area contributed by atoms with Crippen LogP contribution in [0.15, 0.2) is 36.5 Å². The molecular weight excluding hydrogens is 230 g/mol. The summed E-state index contributed by atoms with van der Waals surface area (Å²) in [7, 11) is 1.37. The Morgan fingerprint density at radius 3 is 2.50 bits per heavy atom. The van der Waals surface area contributed by atoms with Gasteiger partial charge in [-0.3, -0.25) is 0 Å². The molecule has 0 aliphatic carbocycles. The lowest BCUT2D eigenvalue weighted by Crippen LogP contribution is -2.08. The number of nitrogens with zero attached hydrogens (tertiary/aromatic N) is 1. The van der Waals surface area contributed by atoms with E-state index >= 15 is 0 Å². The predicted octanol–water partition coefficient (Wildman–Crippen LogP) is 2.67. The quantitative estimate of drug-likeness (QED) is 0.846. The van der Waals surface area contributed by atoms with Crippen LogP contribution in [0, 0.1) is 0 Å². The Hall–Kier alpha value is -2.23. The van der Waals surface area contributed by atoms with Gasteiger partial charge in [0.15, 0.2) is 0 Å². The third-order valence-electron chi connectivity index (χ3n) is 2.83. The van der Waals surface area contributed by atoms with E-state index < -0.39 is 0 Å². The molecule has 4 nitrogen and oxygen atoms in total. The number of aryl methyl sites for hydroxylation is 1. The number of rotatable bonds is 3. The topological polar surface area (TPSA) is 51.5 Å². The third kappa shape index (κ3) is 2.22. The molecule has 0 atom stereocenters. The van der Waals surface area contributed by atoms with Crippen molar-refractivity contribution in [2.75, 3.05) is 7.11 Å². The minimum atomic E-state index is -0.345. The van der Waals surface area contributed by atoms with Crippen LogP contribution in [0.25, 0.3) is 11.1 Å². The normalized spacial score (nSPS) is 10.3. The number of carbonyl (C=O) groups is 1. The summed E-state index contributed by atoms with van der Waals surface area (Å²) in [6.45, 7) is 2.66. The zero-order valence-corrected chi connectivity index (χ0v) is 10.4. The van der Waals surface area contributed by atoms with E-state index in [1.54, 1.807) is 18.2 Å². The fourth-order valence-corrected chi connectivity index (χ4v) is 1.86. The van der Waals surface area contributed by atoms with Crippen LogP contribution < -0.4 is 0 Å². The first-order valence-electron chi connectivity index (χ1n) is 5.73. The first-order valence-corrected chi connectivity index (χ1v) is 5.73. The second-order valence-electron chi connectivity index (χ2n) is 3.94. The van der Waals surface area contributed by atoms with Crippen molar-refractivity contribution < 1.29 is 14.6 Å². The van der Waals surface area contributed by atoms with Crippen LogP contribution >= 0.6 is 0 Å². The fourth-order valence-electron chi connectivity index (χ4n) is 1.86. The number of methoxy groups -OCH3 is 1. The van der Waals surface area contributed by atoms with Crippen LogP contribution in [0.1, 0.15) is 17.4 Å². The molecule has 0 unspecified atom stereocenters. The Morgan fingerprint density at radius 1 is 1.28 bits per heavy atom. The van der Waals surface area contributed by atoms with E-state index in [0.717, 1.165) is 11.1 Å². The van der Waals surface area contributed by atoms with Gasteiger partial charge < -0.3 is 14.4 Å². The number of carbonyl (C=O) groups excluding carboxylic acids is 1. The van der Waals surface area contributed by atoms with Crippen LogP contribution in [0.2, 0.25) is 0 Å². The lowest BCUT2D eigenvalue weighted by atomic mass is 10.1. The van der Waals surface area contributed by atoms with Crippen LogP contribution in [0.3, 0.4) is 0 Å². The minimum Gasteiger partial charge on any atom is -0.508 e. The van der Waals surface area contributed by atoms with Crippen molar-refractivity contribution >= 4 is 5.97 Å². The predicted molar refractivity (Wildman–Crippen MR) is 68.5 cm³/mol. The summed E-state index contributed by atoms with van der Waals surface area (Å²) in [5.41, 5.74) is 2.41. The molecule has 94 valence electrons. The number of esters is 1. The van der Waals surface area contributed by atoms with E-state index in [0.29, 0.717) is 12.2 Å². The van der Waals surface area contributed by atoms with E-state index in [4.69, 9.17) is 4.74 Å². The average molecular weight is 245 g/mol. The second kappa shape index (κ2) is 4.96. The number of hydrogen-bond donors (Lipinski definition) is 1. The summed E-state index contributed by atoms with van der Waals surface area (Å²) in [6, 6.07) is 8.66. The summed E-state index contributed by atoms with van der Waals surface area (Å²) in [5.74, 6) is -0.122. The molecule has 1 aromatic carbocycles. The molecule has 0 saturated carbocycles. The van der Waals surface area contributed by atoms with Crippen molar-refractivity contribution in [2.24, 2.45) is 0 Å². The van der Waals surface area contributed by atoms with E-state index in [2.05, 4.69) is 0 Å². The molecule has 4 heteroatoms. The second-order valence-corrected chi connectivity index (χ2v) is 3.94. The van der Waals surface area contributed by atoms with Gasteiger partial charge in [-0.15, -0.1) is 0 Å². The van der Waals surface area contributed by atoms with Crippen molar-refractivity contribution in [1.82, 2.24) is 4.57 Å². The van der Waals surface area contributed by atoms with Gasteiger partial charge in [0.1, 0.15) is 11.4 Å². The van der Waals surface area contributed by atoms with Gasteiger partial charge in [-0.05, 0) is 30.7 Å². The Labute approximate surface area is 105 Å². The van der Waals surface area contributed by atoms with Crippen molar-refractivity contribution in [3.8, 4) is 16.9 Å². The summed E-state index contributed by atoms with van der Waals surface area (Å²) < 4.78 is 6.59. The highest BCUT2D eigenvalue weighted by Gasteiger charge is 2.13. The average Bonchev–Trinajstić information content (AvgIpc) is 2.82. The summed E-state index contributed by atoms with van der Waals surface area (Å²) >= 11 is 0. The number of ether oxygens (including phenoxy) is 1. The molecular formula is C14H15NO3. The molecule has 0 bridgehead atoms. The standard InChI is InChI=1S/C14H15NO3/c1-3-15-9-11(8-13(15)14(17)18-2)10-4-6-12(16)7-5-10/h4-9,16H,3H2,1-2H3. The Bertz CT molecular complexity index is 555. The van der Waals surface area contributed by atoms with Crippen LogP contribution in [0.4, 0.5) is 0 Å². The molecule has 1 N–H and O–H groups in total. The van der Waals surface area contributed by atoms with Gasteiger partial charge >= 0.3 is 5.97 Å². The first kappa shape index (κ1) is 12.2. The zero-order chi connectivity index (χ0) is 13.1. The molecule has 2 aromatic rings. The summed E-state index contributed by atoms with van der Waals surface area (Å²) in [6.07, 6.45) is 1.90. The fraction of sp³-hybridized carbons (Fsp3) is 0.214. The van der Waals surface area contributed by atoms with Gasteiger partial charge in [0.2, 0.25) is 0 Å². The number of hydrogen-bond acceptors (Lipinski definition) is 3. The van der Waals surface area contributed by atoms with Gasteiger partial charge in [0.25, 0.3) is 0 Å². The third-order valence-corrected chi connectivity index (χ3v) is 2.83. The number of phenolic OH excluding ortho intramolecular Hbond substituents is 1. The molecule has 0 spiro atoms. The maximum Gasteiger partial charge on any atom is 0.354 e. The van der Waals surface area contributed by atoms with Crippen molar-refractivity contribution in [1.29, 1.82) is 0 Å². The summed E-state index contributed by atoms with van der Waals surface area (Å²) in [5, 5.41) is 9.26. The van der Waals surface area contributed by atoms with Gasteiger partial charge in [-0.25, -0.2) is 4.79 Å². The molecule has 0 aliphatic heterocycles. The van der Waals surface area contributed by atoms with Crippen LogP contribution in [-0.4, -0.2) is 22.8 Å². The maximum atomic E-state index is 11.6. The van der Waals surface area contributed by atoms with Crippen molar-refractivity contribution in [2.45, 2.75) is 13.5 Å². The zero-order valence-electron chi connectivity index (χ0n) is 10.4. The lowest BCUT2D eigenvalue weighted by molar-refractivity contribution is 0.0588.